The molecule has 0 spiro atoms. The molecule has 3 rings (SSSR count). The van der Waals surface area contributed by atoms with Gasteiger partial charge < -0.3 is 9.84 Å². The van der Waals surface area contributed by atoms with Gasteiger partial charge in [0.1, 0.15) is 5.75 Å². The van der Waals surface area contributed by atoms with Gasteiger partial charge in [-0.1, -0.05) is 12.1 Å². The molecule has 136 valence electrons. The van der Waals surface area contributed by atoms with Gasteiger partial charge in [0.15, 0.2) is 9.84 Å². The molecule has 0 unspecified atom stereocenters. The van der Waals surface area contributed by atoms with E-state index in [1.54, 1.807) is 24.3 Å². The summed E-state index contributed by atoms with van der Waals surface area (Å²) in [6, 6.07) is 8.26. The number of hydrogen-bond acceptors (Lipinski definition) is 6. The van der Waals surface area contributed by atoms with Crippen molar-refractivity contribution in [2.24, 2.45) is 0 Å². The van der Waals surface area contributed by atoms with E-state index < -0.39 is 21.8 Å². The van der Waals surface area contributed by atoms with Crippen molar-refractivity contribution in [3.63, 3.8) is 0 Å². The molecule has 1 aromatic carbocycles. The third-order valence-electron chi connectivity index (χ3n) is 4.10. The lowest BCUT2D eigenvalue weighted by Crippen LogP contribution is -2.42. The van der Waals surface area contributed by atoms with E-state index in [1.165, 1.54) is 13.2 Å². The smallest absolute Gasteiger partial charge is 0.414 e. The summed E-state index contributed by atoms with van der Waals surface area (Å²) >= 11 is 0. The van der Waals surface area contributed by atoms with Gasteiger partial charge in [0, 0.05) is 24.8 Å². The van der Waals surface area contributed by atoms with Crippen molar-refractivity contribution in [1.29, 1.82) is 0 Å². The second kappa shape index (κ2) is 6.41. The van der Waals surface area contributed by atoms with Gasteiger partial charge in [0.25, 0.3) is 5.91 Å². The number of hydrogen-bond donors (Lipinski definition) is 1. The van der Waals surface area contributed by atoms with Crippen molar-refractivity contribution in [1.82, 2.24) is 9.88 Å². The number of sulfone groups is 1. The second-order valence-corrected chi connectivity index (χ2v) is 7.77. The van der Waals surface area contributed by atoms with Crippen molar-refractivity contribution in [3.05, 3.63) is 41.6 Å². The van der Waals surface area contributed by atoms with Gasteiger partial charge in [-0.2, -0.15) is 0 Å². The lowest BCUT2D eigenvalue weighted by molar-refractivity contribution is 0.0721. The van der Waals surface area contributed by atoms with Crippen LogP contribution in [0.2, 0.25) is 0 Å². The Morgan fingerprint density at radius 1 is 1.31 bits per heavy atom. The molecule has 9 heteroatoms. The van der Waals surface area contributed by atoms with E-state index in [9.17, 15) is 18.0 Å². The Hall–Kier alpha value is -2.94. The van der Waals surface area contributed by atoms with E-state index in [0.717, 1.165) is 6.26 Å². The van der Waals surface area contributed by atoms with Crippen LogP contribution in [0, 0.1) is 0 Å². The Kier molecular flexibility index (Phi) is 4.41. The van der Waals surface area contributed by atoms with Crippen LogP contribution >= 0.6 is 0 Å². The number of pyridine rings is 1. The summed E-state index contributed by atoms with van der Waals surface area (Å²) in [6.07, 6.45) is -0.311. The quantitative estimate of drug-likeness (QED) is 0.869. The fraction of sp³-hybridized carbons (Fsp3) is 0.235. The number of aromatic nitrogens is 1. The maximum Gasteiger partial charge on any atom is 0.414 e. The molecule has 0 atom stereocenters. The average Bonchev–Trinajstić information content (AvgIpc) is 2.60. The highest BCUT2D eigenvalue weighted by Gasteiger charge is 2.35. The van der Waals surface area contributed by atoms with E-state index in [4.69, 9.17) is 9.84 Å². The minimum atomic E-state index is -3.80. The van der Waals surface area contributed by atoms with Crippen molar-refractivity contribution < 1.29 is 27.9 Å². The van der Waals surface area contributed by atoms with Crippen molar-refractivity contribution in [2.45, 2.75) is 11.3 Å². The maximum atomic E-state index is 12.5. The molecule has 1 N–H and O–H groups in total. The van der Waals surface area contributed by atoms with Gasteiger partial charge in [0.2, 0.25) is 0 Å². The molecule has 0 bridgehead atoms. The first-order chi connectivity index (χ1) is 12.2. The normalized spacial score (nSPS) is 14.1. The maximum absolute atomic E-state index is 12.5. The fourth-order valence-corrected chi connectivity index (χ4v) is 3.81. The van der Waals surface area contributed by atoms with Crippen molar-refractivity contribution in [2.75, 3.05) is 19.9 Å². The molecule has 8 nitrogen and oxygen atoms in total. The molecule has 0 radical (unpaired) electrons. The lowest BCUT2D eigenvalue weighted by atomic mass is 10.0. The standard InChI is InChI=1S/C17H16N2O6S/c1-25-13-6-4-3-5-10(13)12-9-14(26(2,23)24)15-11(18-12)7-8-19(16(15)20)17(21)22/h3-6,9H,7-8H2,1-2H3,(H,21,22). The van der Waals surface area contributed by atoms with Crippen LogP contribution in [0.5, 0.6) is 5.75 Å². The van der Waals surface area contributed by atoms with Gasteiger partial charge >= 0.3 is 6.09 Å². The van der Waals surface area contributed by atoms with E-state index >= 15 is 0 Å². The number of carboxylic acid groups (broad SMARTS) is 1. The SMILES string of the molecule is COc1ccccc1-c1cc(S(C)(=O)=O)c2c(n1)CCN(C(=O)O)C2=O. The number of methoxy groups -OCH3 is 1. The first-order valence-corrected chi connectivity index (χ1v) is 9.55. The molecular weight excluding hydrogens is 360 g/mol. The zero-order valence-corrected chi connectivity index (χ0v) is 14.9. The zero-order valence-electron chi connectivity index (χ0n) is 14.1. The van der Waals surface area contributed by atoms with Gasteiger partial charge in [-0.3, -0.25) is 9.78 Å². The zero-order chi connectivity index (χ0) is 19.1. The van der Waals surface area contributed by atoms with E-state index in [-0.39, 0.29) is 29.1 Å². The molecule has 26 heavy (non-hydrogen) atoms. The molecule has 2 aromatic rings. The lowest BCUT2D eigenvalue weighted by Gasteiger charge is -2.26. The van der Waals surface area contributed by atoms with Crippen LogP contribution in [-0.4, -0.2) is 55.3 Å². The average molecular weight is 376 g/mol. The van der Waals surface area contributed by atoms with Crippen LogP contribution in [0.3, 0.4) is 0 Å². The molecule has 1 aliphatic heterocycles. The fourth-order valence-electron chi connectivity index (χ4n) is 2.91. The Morgan fingerprint density at radius 3 is 2.62 bits per heavy atom. The van der Waals surface area contributed by atoms with Crippen LogP contribution in [-0.2, 0) is 16.3 Å². The third-order valence-corrected chi connectivity index (χ3v) is 5.22. The summed E-state index contributed by atoms with van der Waals surface area (Å²) < 4.78 is 29.9. The topological polar surface area (TPSA) is 114 Å². The number of ether oxygens (including phenoxy) is 1. The highest BCUT2D eigenvalue weighted by atomic mass is 32.2. The van der Waals surface area contributed by atoms with E-state index in [0.29, 0.717) is 21.9 Å². The summed E-state index contributed by atoms with van der Waals surface area (Å²) in [5.41, 5.74) is 1.00. The Balaban J connectivity index is 2.28. The number of carbonyl (C=O) groups excluding carboxylic acids is 1. The van der Waals surface area contributed by atoms with Crippen LogP contribution in [0.1, 0.15) is 16.1 Å². The van der Waals surface area contributed by atoms with Crippen LogP contribution in [0.4, 0.5) is 4.79 Å². The number of amides is 2. The monoisotopic (exact) mass is 376 g/mol. The second-order valence-electron chi connectivity index (χ2n) is 5.79. The van der Waals surface area contributed by atoms with Gasteiger partial charge in [-0.05, 0) is 18.2 Å². The number of nitrogens with zero attached hydrogens (tertiary/aromatic N) is 2. The van der Waals surface area contributed by atoms with Crippen molar-refractivity contribution in [3.8, 4) is 17.0 Å². The van der Waals surface area contributed by atoms with Crippen molar-refractivity contribution >= 4 is 21.8 Å². The minimum Gasteiger partial charge on any atom is -0.496 e. The number of carbonyl (C=O) groups is 2. The number of fused-ring (bicyclic) bond motifs is 1. The summed E-state index contributed by atoms with van der Waals surface area (Å²) in [5.74, 6) is -0.369. The van der Waals surface area contributed by atoms with E-state index in [1.807, 2.05) is 0 Å². The van der Waals surface area contributed by atoms with Crippen LogP contribution in [0.15, 0.2) is 35.2 Å². The molecule has 0 saturated carbocycles. The summed E-state index contributed by atoms with van der Waals surface area (Å²) in [7, 11) is -2.31. The highest BCUT2D eigenvalue weighted by Crippen LogP contribution is 2.33. The molecule has 0 aliphatic carbocycles. The Morgan fingerprint density at radius 2 is 2.00 bits per heavy atom. The van der Waals surface area contributed by atoms with E-state index in [2.05, 4.69) is 4.98 Å². The Labute approximate surface area is 150 Å². The predicted molar refractivity (Wildman–Crippen MR) is 92.1 cm³/mol. The molecule has 0 saturated heterocycles. The summed E-state index contributed by atoms with van der Waals surface area (Å²) in [5, 5.41) is 9.15. The first kappa shape index (κ1) is 17.9. The predicted octanol–water partition coefficient (Wildman–Crippen LogP) is 1.84. The van der Waals surface area contributed by atoms with Crippen LogP contribution < -0.4 is 4.74 Å². The van der Waals surface area contributed by atoms with Crippen LogP contribution in [0.25, 0.3) is 11.3 Å². The number of rotatable bonds is 3. The Bertz CT molecular complexity index is 1020. The highest BCUT2D eigenvalue weighted by molar-refractivity contribution is 7.90. The number of para-hydroxylation sites is 1. The number of imide groups is 1. The molecule has 2 heterocycles. The molecule has 0 fully saturated rings. The number of benzene rings is 1. The molecular formula is C17H16N2O6S. The van der Waals surface area contributed by atoms with Gasteiger partial charge in [-0.25, -0.2) is 18.1 Å². The first-order valence-electron chi connectivity index (χ1n) is 7.66. The summed E-state index contributed by atoms with van der Waals surface area (Å²) in [4.78, 5) is 28.5. The minimum absolute atomic E-state index is 0.0766. The van der Waals surface area contributed by atoms with Gasteiger partial charge in [0.05, 0.1) is 29.0 Å². The molecule has 2 amide bonds. The largest absolute Gasteiger partial charge is 0.496 e. The molecule has 1 aliphatic rings. The third kappa shape index (κ3) is 3.01. The summed E-state index contributed by atoms with van der Waals surface area (Å²) in [6.45, 7) is -0.0766. The van der Waals surface area contributed by atoms with Gasteiger partial charge in [-0.15, -0.1) is 0 Å². The molecule has 1 aromatic heterocycles.